The van der Waals surface area contributed by atoms with Gasteiger partial charge in [-0.2, -0.15) is 0 Å². The van der Waals surface area contributed by atoms with Crippen molar-refractivity contribution in [2.24, 2.45) is 23.5 Å². The third-order valence-corrected chi connectivity index (χ3v) is 7.89. The van der Waals surface area contributed by atoms with Gasteiger partial charge in [0.1, 0.15) is 0 Å². The lowest BCUT2D eigenvalue weighted by Gasteiger charge is -2.29. The third kappa shape index (κ3) is 14.6. The first kappa shape index (κ1) is 36.8. The van der Waals surface area contributed by atoms with Gasteiger partial charge in [0.2, 0.25) is 5.91 Å². The molecule has 0 radical (unpaired) electrons. The maximum atomic E-state index is 13.3. The summed E-state index contributed by atoms with van der Waals surface area (Å²) in [5.41, 5.74) is 9.00. The van der Waals surface area contributed by atoms with Crippen LogP contribution in [0.2, 0.25) is 0 Å². The zero-order chi connectivity index (χ0) is 31.5. The molecule has 42 heavy (non-hydrogen) atoms. The number of hydrogen-bond donors (Lipinski definition) is 5. The molecule has 0 heterocycles. The second-order valence-corrected chi connectivity index (χ2v) is 11.6. The number of benzene rings is 1. The third-order valence-electron chi connectivity index (χ3n) is 7.75. The molecule has 0 saturated heterocycles. The van der Waals surface area contributed by atoms with Gasteiger partial charge >= 0.3 is 0 Å². The topological polar surface area (TPSA) is 108 Å². The molecule has 5 unspecified atom stereocenters. The highest BCUT2D eigenvalue weighted by Gasteiger charge is 2.30. The lowest BCUT2D eigenvalue weighted by atomic mass is 9.86. The van der Waals surface area contributed by atoms with E-state index in [4.69, 9.17) is 18.0 Å². The Morgan fingerprint density at radius 3 is 2.31 bits per heavy atom. The van der Waals surface area contributed by atoms with Crippen molar-refractivity contribution >= 4 is 29.0 Å². The highest BCUT2D eigenvalue weighted by molar-refractivity contribution is 7.80. The van der Waals surface area contributed by atoms with Crippen LogP contribution in [0.4, 0.5) is 0 Å². The van der Waals surface area contributed by atoms with E-state index < -0.39 is 12.1 Å². The van der Waals surface area contributed by atoms with Crippen LogP contribution in [0.5, 0.6) is 0 Å². The van der Waals surface area contributed by atoms with Crippen molar-refractivity contribution in [1.82, 2.24) is 21.3 Å². The Labute approximate surface area is 259 Å². The summed E-state index contributed by atoms with van der Waals surface area (Å²) in [5.74, 6) is 0.314. The first-order valence-electron chi connectivity index (χ1n) is 14.9. The van der Waals surface area contributed by atoms with Crippen LogP contribution in [0.25, 0.3) is 0 Å². The summed E-state index contributed by atoms with van der Waals surface area (Å²) in [6.45, 7) is 17.0. The minimum atomic E-state index is -0.652. The fraction of sp³-hybridized carbons (Fsp3) is 0.500. The van der Waals surface area contributed by atoms with Gasteiger partial charge in [0, 0.05) is 24.7 Å². The van der Waals surface area contributed by atoms with Gasteiger partial charge < -0.3 is 27.0 Å². The van der Waals surface area contributed by atoms with E-state index in [1.807, 2.05) is 43.4 Å². The normalized spacial score (nSPS) is 15.2. The van der Waals surface area contributed by atoms with Gasteiger partial charge in [0.05, 0.1) is 12.1 Å². The Bertz CT molecular complexity index is 1070. The lowest BCUT2D eigenvalue weighted by molar-refractivity contribution is -0.129. The molecular formula is C34H53N5O2S. The van der Waals surface area contributed by atoms with Gasteiger partial charge in [-0.05, 0) is 69.8 Å². The summed E-state index contributed by atoms with van der Waals surface area (Å²) in [7, 11) is 1.75. The van der Waals surface area contributed by atoms with Crippen LogP contribution in [0, 0.1) is 17.8 Å². The van der Waals surface area contributed by atoms with E-state index in [-0.39, 0.29) is 22.7 Å². The molecule has 1 aromatic rings. The van der Waals surface area contributed by atoms with Crippen LogP contribution in [-0.4, -0.2) is 42.5 Å². The molecule has 0 aliphatic rings. The summed E-state index contributed by atoms with van der Waals surface area (Å²) >= 11 is 5.04. The standard InChI is InChI=1S/C34H53N5O2S/c1-8-10-14-28(9-2)21-31(36-7)33(41)39-32(27(6)40)30(23-38-34(35)42)20-18-24(3)17-19-25(4)26(5)37-22-29-15-12-11-13-16-29/h8-16,24-25,30-32,36-37H,1,5,17-23H2,2-4,6-7H3,(H,39,41)(H3,35,38,42)/b14-10-,28-9+. The number of amides is 1. The van der Waals surface area contributed by atoms with E-state index in [1.54, 1.807) is 13.1 Å². The molecule has 8 heteroatoms. The van der Waals surface area contributed by atoms with Gasteiger partial charge in [-0.3, -0.25) is 9.59 Å². The molecule has 0 aliphatic carbocycles. The molecule has 0 aliphatic heterocycles. The average Bonchev–Trinajstić information content (AvgIpc) is 2.98. The first-order valence-corrected chi connectivity index (χ1v) is 15.3. The monoisotopic (exact) mass is 595 g/mol. The van der Waals surface area contributed by atoms with Crippen LogP contribution in [0.15, 0.2) is 79.1 Å². The Balaban J connectivity index is 2.78. The molecule has 232 valence electrons. The van der Waals surface area contributed by atoms with E-state index in [2.05, 4.69) is 60.4 Å². The number of likely N-dealkylation sites (N-methyl/N-ethyl adjacent to an activating group) is 1. The number of ketones is 1. The number of thiocarbonyl (C=S) groups is 1. The second-order valence-electron chi connectivity index (χ2n) is 11.1. The minimum absolute atomic E-state index is 0.0900. The van der Waals surface area contributed by atoms with Gasteiger partial charge in [-0.25, -0.2) is 0 Å². The number of carbonyl (C=O) groups excluding carboxylic acids is 2. The molecular weight excluding hydrogens is 542 g/mol. The number of hydrogen-bond acceptors (Lipinski definition) is 5. The summed E-state index contributed by atoms with van der Waals surface area (Å²) in [4.78, 5) is 26.1. The van der Waals surface area contributed by atoms with E-state index in [0.717, 1.165) is 43.5 Å². The number of nitrogens with two attached hydrogens (primary N) is 1. The summed E-state index contributed by atoms with van der Waals surface area (Å²) < 4.78 is 0. The zero-order valence-corrected chi connectivity index (χ0v) is 27.1. The first-order chi connectivity index (χ1) is 20.0. The molecule has 7 nitrogen and oxygen atoms in total. The molecule has 1 amide bonds. The van der Waals surface area contributed by atoms with E-state index in [1.165, 1.54) is 12.5 Å². The predicted molar refractivity (Wildman–Crippen MR) is 181 cm³/mol. The average molecular weight is 596 g/mol. The van der Waals surface area contributed by atoms with Crippen molar-refractivity contribution < 1.29 is 9.59 Å². The molecule has 0 fully saturated rings. The number of allylic oxidation sites excluding steroid dienone is 5. The molecule has 0 spiro atoms. The van der Waals surface area contributed by atoms with Crippen molar-refractivity contribution in [2.75, 3.05) is 13.6 Å². The zero-order valence-electron chi connectivity index (χ0n) is 26.2. The minimum Gasteiger partial charge on any atom is -0.385 e. The molecule has 0 saturated carbocycles. The fourth-order valence-electron chi connectivity index (χ4n) is 4.80. The maximum Gasteiger partial charge on any atom is 0.238 e. The SMILES string of the molecule is C=C/C=C\C(=C/C)CC(NC)C(=O)NC(C(C)=O)C(CCC(C)CCC(C)C(=C)NCc1ccccc1)CNC(N)=S. The van der Waals surface area contributed by atoms with Gasteiger partial charge in [0.25, 0.3) is 0 Å². The molecule has 0 bridgehead atoms. The molecule has 1 rings (SSSR count). The van der Waals surface area contributed by atoms with Crippen molar-refractivity contribution in [3.05, 3.63) is 84.6 Å². The maximum absolute atomic E-state index is 13.3. The molecule has 5 atom stereocenters. The number of nitrogens with one attached hydrogen (secondary N) is 4. The summed E-state index contributed by atoms with van der Waals surface area (Å²) in [6, 6.07) is 9.17. The quantitative estimate of drug-likeness (QED) is 0.0968. The summed E-state index contributed by atoms with van der Waals surface area (Å²) in [5, 5.41) is 12.8. The largest absolute Gasteiger partial charge is 0.385 e. The van der Waals surface area contributed by atoms with Crippen LogP contribution >= 0.6 is 12.2 Å². The smallest absolute Gasteiger partial charge is 0.238 e. The Kier molecular flexibility index (Phi) is 18.1. The Morgan fingerprint density at radius 1 is 1.07 bits per heavy atom. The van der Waals surface area contributed by atoms with Gasteiger partial charge in [-0.15, -0.1) is 0 Å². The van der Waals surface area contributed by atoms with E-state index >= 15 is 0 Å². The van der Waals surface area contributed by atoms with Crippen molar-refractivity contribution in [1.29, 1.82) is 0 Å². The van der Waals surface area contributed by atoms with Crippen molar-refractivity contribution in [3.63, 3.8) is 0 Å². The number of Topliss-reactive ketones (excluding diaryl/α,β-unsaturated/α-hetero) is 1. The van der Waals surface area contributed by atoms with E-state index in [9.17, 15) is 9.59 Å². The molecule has 1 aromatic carbocycles. The summed E-state index contributed by atoms with van der Waals surface area (Å²) in [6.07, 6.45) is 11.6. The highest BCUT2D eigenvalue weighted by Crippen LogP contribution is 2.24. The number of rotatable bonds is 21. The van der Waals surface area contributed by atoms with Crippen LogP contribution < -0.4 is 27.0 Å². The molecule has 6 N–H and O–H groups in total. The Hall–Kier alpha value is -3.23. The van der Waals surface area contributed by atoms with Crippen LogP contribution in [0.3, 0.4) is 0 Å². The van der Waals surface area contributed by atoms with Gasteiger partial charge in [0.15, 0.2) is 10.9 Å². The van der Waals surface area contributed by atoms with Crippen molar-refractivity contribution in [3.8, 4) is 0 Å². The van der Waals surface area contributed by atoms with Gasteiger partial charge in [-0.1, -0.05) is 100 Å². The molecule has 0 aromatic heterocycles. The fourth-order valence-corrected chi connectivity index (χ4v) is 4.88. The van der Waals surface area contributed by atoms with Crippen LogP contribution in [-0.2, 0) is 16.1 Å². The van der Waals surface area contributed by atoms with Crippen molar-refractivity contribution in [2.45, 2.75) is 78.4 Å². The predicted octanol–water partition coefficient (Wildman–Crippen LogP) is 5.31. The Morgan fingerprint density at radius 2 is 1.74 bits per heavy atom. The lowest BCUT2D eigenvalue weighted by Crippen LogP contribution is -2.54. The van der Waals surface area contributed by atoms with E-state index in [0.29, 0.717) is 24.8 Å². The second kappa shape index (κ2) is 20.6. The number of carbonyl (C=O) groups is 2. The van der Waals surface area contributed by atoms with Crippen LogP contribution in [0.1, 0.15) is 65.4 Å². The highest BCUT2D eigenvalue weighted by atomic mass is 32.1.